The Bertz CT molecular complexity index is 468. The molecule has 0 saturated carbocycles. The van der Waals surface area contributed by atoms with Gasteiger partial charge in [-0.25, -0.2) is 0 Å². The molecule has 0 atom stereocenters. The van der Waals surface area contributed by atoms with Crippen molar-refractivity contribution in [3.05, 3.63) is 24.8 Å². The minimum atomic E-state index is 0.348. The summed E-state index contributed by atoms with van der Waals surface area (Å²) in [6, 6.07) is 0. The summed E-state index contributed by atoms with van der Waals surface area (Å²) in [4.78, 5) is 0. The van der Waals surface area contributed by atoms with E-state index in [9.17, 15) is 0 Å². The normalized spacial score (nSPS) is 10.8. The second-order valence-electron chi connectivity index (χ2n) is 12.6. The maximum Gasteiger partial charge on any atom is 0.0431 e. The van der Waals surface area contributed by atoms with Gasteiger partial charge in [0.15, 0.2) is 0 Å². The van der Waals surface area contributed by atoms with E-state index in [1.807, 2.05) is 6.08 Å². The van der Waals surface area contributed by atoms with Crippen molar-refractivity contribution in [2.24, 2.45) is 0 Å². The molecule has 0 unspecified atom stereocenters. The summed E-state index contributed by atoms with van der Waals surface area (Å²) in [6.45, 7) is 7.37. The van der Waals surface area contributed by atoms with E-state index in [1.54, 1.807) is 0 Å². The number of hydrogen-bond donors (Lipinski definition) is 4. The van der Waals surface area contributed by atoms with E-state index in [4.69, 9.17) is 20.4 Å². The summed E-state index contributed by atoms with van der Waals surface area (Å²) >= 11 is 0. The van der Waals surface area contributed by atoms with Crippen molar-refractivity contribution in [2.75, 3.05) is 26.4 Å². The van der Waals surface area contributed by atoms with Gasteiger partial charge >= 0.3 is 0 Å². The van der Waals surface area contributed by atoms with Gasteiger partial charge in [0.2, 0.25) is 0 Å². The average molecular weight is 627 g/mol. The van der Waals surface area contributed by atoms with Gasteiger partial charge in [-0.3, -0.25) is 0 Å². The molecule has 266 valence electrons. The van der Waals surface area contributed by atoms with E-state index in [0.29, 0.717) is 26.4 Å². The highest BCUT2D eigenvalue weighted by atomic mass is 16.3. The largest absolute Gasteiger partial charge is 0.396 e. The van der Waals surface area contributed by atoms with Crippen LogP contribution in [0.3, 0.4) is 0 Å². The van der Waals surface area contributed by atoms with Crippen molar-refractivity contribution in [1.82, 2.24) is 0 Å². The smallest absolute Gasteiger partial charge is 0.0431 e. The lowest BCUT2D eigenvalue weighted by molar-refractivity contribution is 0.281. The van der Waals surface area contributed by atoms with Crippen LogP contribution in [0.1, 0.15) is 206 Å². The first-order chi connectivity index (χ1) is 21.7. The van der Waals surface area contributed by atoms with Crippen LogP contribution >= 0.6 is 0 Å². The van der Waals surface area contributed by atoms with Crippen LogP contribution in [0.25, 0.3) is 0 Å². The number of rotatable bonds is 34. The fourth-order valence-corrected chi connectivity index (χ4v) is 5.09. The highest BCUT2D eigenvalue weighted by Crippen LogP contribution is 2.12. The van der Waals surface area contributed by atoms with Crippen molar-refractivity contribution < 1.29 is 20.4 Å². The molecular formula is C40H82O4. The van der Waals surface area contributed by atoms with Gasteiger partial charge in [-0.1, -0.05) is 166 Å². The Morgan fingerprint density at radius 2 is 0.545 bits per heavy atom. The molecule has 44 heavy (non-hydrogen) atoms. The van der Waals surface area contributed by atoms with E-state index in [2.05, 4.69) is 25.7 Å². The zero-order valence-corrected chi connectivity index (χ0v) is 30.0. The predicted octanol–water partition coefficient (Wildman–Crippen LogP) is 11.8. The van der Waals surface area contributed by atoms with Crippen molar-refractivity contribution in [3.8, 4) is 0 Å². The summed E-state index contributed by atoms with van der Waals surface area (Å²) in [5, 5.41) is 34.3. The van der Waals surface area contributed by atoms with Crippen LogP contribution in [-0.4, -0.2) is 46.9 Å². The van der Waals surface area contributed by atoms with Gasteiger partial charge in [-0.15, -0.1) is 6.58 Å². The number of aliphatic hydroxyl groups excluding tert-OH is 4. The highest BCUT2D eigenvalue weighted by Gasteiger charge is 1.93. The summed E-state index contributed by atoms with van der Waals surface area (Å²) in [5.74, 6) is 0. The second-order valence-corrected chi connectivity index (χ2v) is 12.6. The van der Waals surface area contributed by atoms with Gasteiger partial charge in [0.1, 0.15) is 0 Å². The van der Waals surface area contributed by atoms with Crippen LogP contribution < -0.4 is 0 Å². The van der Waals surface area contributed by atoms with Crippen LogP contribution in [-0.2, 0) is 0 Å². The first-order valence-electron chi connectivity index (χ1n) is 19.4. The fourth-order valence-electron chi connectivity index (χ4n) is 5.09. The van der Waals surface area contributed by atoms with Crippen molar-refractivity contribution in [3.63, 3.8) is 0 Å². The topological polar surface area (TPSA) is 80.9 Å². The summed E-state index contributed by atoms with van der Waals surface area (Å²) in [7, 11) is 0. The Morgan fingerprint density at radius 1 is 0.318 bits per heavy atom. The SMILES string of the molecule is C=CCCCCCCCCCCO.CCCC/C=C\CCCCCCCCCCO.OCCCCCCCCCCCCO. The molecule has 0 radical (unpaired) electrons. The van der Waals surface area contributed by atoms with Gasteiger partial charge in [0.25, 0.3) is 0 Å². The summed E-state index contributed by atoms with van der Waals surface area (Å²) in [6.07, 6.45) is 45.8. The molecule has 0 amide bonds. The van der Waals surface area contributed by atoms with Crippen LogP contribution in [0.5, 0.6) is 0 Å². The van der Waals surface area contributed by atoms with Crippen molar-refractivity contribution in [1.29, 1.82) is 0 Å². The molecule has 0 aliphatic rings. The zero-order valence-electron chi connectivity index (χ0n) is 30.0. The fraction of sp³-hybridized carbons (Fsp3) is 0.900. The molecule has 4 heteroatoms. The van der Waals surface area contributed by atoms with Crippen LogP contribution in [0, 0.1) is 0 Å². The van der Waals surface area contributed by atoms with Crippen molar-refractivity contribution >= 4 is 0 Å². The molecule has 0 aliphatic carbocycles. The third-order valence-corrected chi connectivity index (χ3v) is 8.05. The molecule has 0 saturated heterocycles. The van der Waals surface area contributed by atoms with Gasteiger partial charge in [0, 0.05) is 26.4 Å². The Labute approximate surface area is 277 Å². The average Bonchev–Trinajstić information content (AvgIpc) is 3.04. The lowest BCUT2D eigenvalue weighted by atomic mass is 10.1. The maximum atomic E-state index is 8.64. The Hall–Kier alpha value is -0.680. The Kier molecular flexibility index (Phi) is 56.3. The van der Waals surface area contributed by atoms with Gasteiger partial charge in [0.05, 0.1) is 0 Å². The molecule has 0 aromatic rings. The van der Waals surface area contributed by atoms with E-state index < -0.39 is 0 Å². The molecule has 0 bridgehead atoms. The molecule has 0 rings (SSSR count). The standard InChI is InChI=1S/C16H32O.C12H26O2.C12H24O/c1-2-3-4-5-6-7-8-9-10-11-12-13-14-15-16-17;13-11-9-7-5-3-1-2-4-6-8-10-12-14;1-2-3-4-5-6-7-8-9-10-11-12-13/h5-6,17H,2-4,7-16H2,1H3;13-14H,1-12H2;2,13H,1,3-12H2/b6-5-;;. The summed E-state index contributed by atoms with van der Waals surface area (Å²) < 4.78 is 0. The zero-order chi connectivity index (χ0) is 32.9. The number of unbranched alkanes of at least 4 members (excludes halogenated alkanes) is 27. The lowest BCUT2D eigenvalue weighted by Gasteiger charge is -2.01. The number of aliphatic hydroxyl groups is 4. The molecule has 0 spiro atoms. The van der Waals surface area contributed by atoms with Crippen LogP contribution in [0.15, 0.2) is 24.8 Å². The van der Waals surface area contributed by atoms with Crippen LogP contribution in [0.2, 0.25) is 0 Å². The Balaban J connectivity index is -0.000000579. The maximum absolute atomic E-state index is 8.64. The van der Waals surface area contributed by atoms with E-state index in [0.717, 1.165) is 25.7 Å². The summed E-state index contributed by atoms with van der Waals surface area (Å²) in [5.41, 5.74) is 0. The number of allylic oxidation sites excluding steroid dienone is 3. The molecular weight excluding hydrogens is 544 g/mol. The number of hydrogen-bond acceptors (Lipinski definition) is 4. The highest BCUT2D eigenvalue weighted by molar-refractivity contribution is 4.81. The quantitative estimate of drug-likeness (QED) is 0.0423. The molecule has 0 fully saturated rings. The van der Waals surface area contributed by atoms with Gasteiger partial charge in [-0.2, -0.15) is 0 Å². The molecule has 4 N–H and O–H groups in total. The molecule has 0 aliphatic heterocycles. The van der Waals surface area contributed by atoms with Gasteiger partial charge < -0.3 is 20.4 Å². The molecule has 0 heterocycles. The molecule has 0 aromatic carbocycles. The Morgan fingerprint density at radius 3 is 0.795 bits per heavy atom. The minimum Gasteiger partial charge on any atom is -0.396 e. The minimum absolute atomic E-state index is 0.348. The molecule has 0 aromatic heterocycles. The van der Waals surface area contributed by atoms with Crippen molar-refractivity contribution in [2.45, 2.75) is 206 Å². The monoisotopic (exact) mass is 627 g/mol. The third kappa shape index (κ3) is 57.0. The van der Waals surface area contributed by atoms with Crippen LogP contribution in [0.4, 0.5) is 0 Å². The lowest BCUT2D eigenvalue weighted by Crippen LogP contribution is -1.85. The first kappa shape index (κ1) is 47.7. The molecule has 4 nitrogen and oxygen atoms in total. The second kappa shape index (κ2) is 51.9. The third-order valence-electron chi connectivity index (χ3n) is 8.05. The predicted molar refractivity (Wildman–Crippen MR) is 196 cm³/mol. The van der Waals surface area contributed by atoms with Gasteiger partial charge in [-0.05, 0) is 57.8 Å². The first-order valence-corrected chi connectivity index (χ1v) is 19.4. The van der Waals surface area contributed by atoms with E-state index in [1.165, 1.54) is 173 Å². The van der Waals surface area contributed by atoms with E-state index in [-0.39, 0.29) is 0 Å². The van der Waals surface area contributed by atoms with E-state index >= 15 is 0 Å².